The lowest BCUT2D eigenvalue weighted by atomic mass is 10.0. The summed E-state index contributed by atoms with van der Waals surface area (Å²) in [5, 5.41) is 30.2. The van der Waals surface area contributed by atoms with E-state index in [9.17, 15) is 19.7 Å². The van der Waals surface area contributed by atoms with Gasteiger partial charge in [0.25, 0.3) is 0 Å². The summed E-state index contributed by atoms with van der Waals surface area (Å²) in [7, 11) is 1.30. The number of nitrogens with two attached hydrogens (primary N) is 1. The molecule has 0 atom stereocenters. The SMILES string of the molecule is COc1cc(NC(CO)(CO)CO)c(N)cc1F. The molecular weight excluding hydrogens is 243 g/mol. The Balaban J connectivity index is 3.10. The van der Waals surface area contributed by atoms with E-state index in [-0.39, 0.29) is 17.1 Å². The average Bonchev–Trinajstić information content (AvgIpc) is 2.38. The van der Waals surface area contributed by atoms with Crippen LogP contribution in [0.15, 0.2) is 12.1 Å². The van der Waals surface area contributed by atoms with E-state index in [1.807, 2.05) is 0 Å². The van der Waals surface area contributed by atoms with Crippen molar-refractivity contribution in [2.45, 2.75) is 5.54 Å². The Morgan fingerprint density at radius 1 is 1.28 bits per heavy atom. The molecule has 0 unspecified atom stereocenters. The van der Waals surface area contributed by atoms with E-state index in [4.69, 9.17) is 10.5 Å². The van der Waals surface area contributed by atoms with Crippen LogP contribution < -0.4 is 15.8 Å². The molecule has 1 aromatic rings. The third-order valence-electron chi connectivity index (χ3n) is 2.63. The van der Waals surface area contributed by atoms with Gasteiger partial charge in [0.05, 0.1) is 38.3 Å². The number of rotatable bonds is 6. The molecule has 0 heterocycles. The molecule has 0 aliphatic rings. The number of hydrogen-bond donors (Lipinski definition) is 5. The second kappa shape index (κ2) is 5.85. The number of benzene rings is 1. The van der Waals surface area contributed by atoms with Crippen LogP contribution in [0.5, 0.6) is 5.75 Å². The highest BCUT2D eigenvalue weighted by Gasteiger charge is 2.28. The summed E-state index contributed by atoms with van der Waals surface area (Å²) in [4.78, 5) is 0. The number of anilines is 2. The number of aliphatic hydroxyl groups excluding tert-OH is 3. The number of nitrogen functional groups attached to an aromatic ring is 1. The highest BCUT2D eigenvalue weighted by atomic mass is 19.1. The predicted octanol–water partition coefficient (Wildman–Crippen LogP) is -0.456. The van der Waals surface area contributed by atoms with Gasteiger partial charge in [0.15, 0.2) is 11.6 Å². The minimum Gasteiger partial charge on any atom is -0.494 e. The first-order chi connectivity index (χ1) is 8.51. The lowest BCUT2D eigenvalue weighted by Gasteiger charge is -2.30. The summed E-state index contributed by atoms with van der Waals surface area (Å²) < 4.78 is 18.1. The summed E-state index contributed by atoms with van der Waals surface area (Å²) in [6, 6.07) is 2.35. The Morgan fingerprint density at radius 2 is 1.83 bits per heavy atom. The van der Waals surface area contributed by atoms with Crippen LogP contribution in [0.1, 0.15) is 0 Å². The molecule has 0 aliphatic carbocycles. The predicted molar refractivity (Wildman–Crippen MR) is 65.0 cm³/mol. The Hall–Kier alpha value is -1.57. The molecule has 18 heavy (non-hydrogen) atoms. The van der Waals surface area contributed by atoms with Gasteiger partial charge in [-0.2, -0.15) is 0 Å². The molecule has 0 amide bonds. The molecule has 0 radical (unpaired) electrons. The maximum Gasteiger partial charge on any atom is 0.167 e. The summed E-state index contributed by atoms with van der Waals surface area (Å²) in [6.45, 7) is -1.54. The van der Waals surface area contributed by atoms with Crippen molar-refractivity contribution in [1.82, 2.24) is 0 Å². The molecule has 6 nitrogen and oxygen atoms in total. The summed E-state index contributed by atoms with van der Waals surface area (Å²) in [5.41, 5.74) is 4.61. The van der Waals surface area contributed by atoms with Crippen LogP contribution in [0.4, 0.5) is 15.8 Å². The van der Waals surface area contributed by atoms with Crippen LogP contribution in [0.2, 0.25) is 0 Å². The molecule has 0 bridgehead atoms. The van der Waals surface area contributed by atoms with Crippen molar-refractivity contribution >= 4 is 11.4 Å². The minimum atomic E-state index is -1.34. The Kier molecular flexibility index (Phi) is 4.71. The van der Waals surface area contributed by atoms with Gasteiger partial charge in [-0.15, -0.1) is 0 Å². The maximum absolute atomic E-state index is 13.3. The van der Waals surface area contributed by atoms with Crippen LogP contribution in [-0.2, 0) is 0 Å². The number of methoxy groups -OCH3 is 1. The van der Waals surface area contributed by atoms with E-state index >= 15 is 0 Å². The number of ether oxygens (including phenoxy) is 1. The number of aliphatic hydroxyl groups is 3. The van der Waals surface area contributed by atoms with Gasteiger partial charge >= 0.3 is 0 Å². The summed E-state index contributed by atoms with van der Waals surface area (Å²) in [5.74, 6) is -0.655. The third kappa shape index (κ3) is 2.81. The van der Waals surface area contributed by atoms with Crippen molar-refractivity contribution in [3.63, 3.8) is 0 Å². The van der Waals surface area contributed by atoms with Gasteiger partial charge in [-0.3, -0.25) is 0 Å². The van der Waals surface area contributed by atoms with Crippen molar-refractivity contribution in [3.8, 4) is 5.75 Å². The van der Waals surface area contributed by atoms with Crippen molar-refractivity contribution in [2.75, 3.05) is 38.0 Å². The van der Waals surface area contributed by atoms with Crippen LogP contribution in [-0.4, -0.2) is 47.8 Å². The van der Waals surface area contributed by atoms with Gasteiger partial charge in [0, 0.05) is 12.1 Å². The number of hydrogen-bond acceptors (Lipinski definition) is 6. The number of halogens is 1. The average molecular weight is 260 g/mol. The summed E-state index contributed by atoms with van der Waals surface area (Å²) in [6.07, 6.45) is 0. The van der Waals surface area contributed by atoms with Crippen LogP contribution in [0.25, 0.3) is 0 Å². The molecule has 0 spiro atoms. The van der Waals surface area contributed by atoms with Gasteiger partial charge < -0.3 is 31.1 Å². The lowest BCUT2D eigenvalue weighted by molar-refractivity contribution is 0.0834. The van der Waals surface area contributed by atoms with Gasteiger partial charge in [-0.05, 0) is 0 Å². The van der Waals surface area contributed by atoms with Crippen LogP contribution in [0, 0.1) is 5.82 Å². The second-order valence-electron chi connectivity index (χ2n) is 3.95. The zero-order valence-electron chi connectivity index (χ0n) is 9.98. The largest absolute Gasteiger partial charge is 0.494 e. The smallest absolute Gasteiger partial charge is 0.167 e. The second-order valence-corrected chi connectivity index (χ2v) is 3.95. The van der Waals surface area contributed by atoms with Gasteiger partial charge in [0.2, 0.25) is 0 Å². The molecule has 0 fully saturated rings. The first-order valence-corrected chi connectivity index (χ1v) is 5.25. The van der Waals surface area contributed by atoms with E-state index in [1.165, 1.54) is 13.2 Å². The zero-order valence-corrected chi connectivity index (χ0v) is 9.98. The molecule has 0 saturated carbocycles. The molecular formula is C11H17FN2O4. The van der Waals surface area contributed by atoms with Gasteiger partial charge in [-0.25, -0.2) is 4.39 Å². The van der Waals surface area contributed by atoms with Gasteiger partial charge in [0.1, 0.15) is 5.54 Å². The first-order valence-electron chi connectivity index (χ1n) is 5.25. The first kappa shape index (κ1) is 14.5. The quantitative estimate of drug-likeness (QED) is 0.443. The fourth-order valence-electron chi connectivity index (χ4n) is 1.39. The molecule has 102 valence electrons. The fourth-order valence-corrected chi connectivity index (χ4v) is 1.39. The van der Waals surface area contributed by atoms with E-state index in [1.54, 1.807) is 0 Å². The fraction of sp³-hybridized carbons (Fsp3) is 0.455. The summed E-state index contributed by atoms with van der Waals surface area (Å²) >= 11 is 0. The Morgan fingerprint density at radius 3 is 2.28 bits per heavy atom. The lowest BCUT2D eigenvalue weighted by Crippen LogP contribution is -2.49. The molecule has 0 aromatic heterocycles. The minimum absolute atomic E-state index is 0.0329. The van der Waals surface area contributed by atoms with Gasteiger partial charge in [-0.1, -0.05) is 0 Å². The molecule has 6 N–H and O–H groups in total. The van der Waals surface area contributed by atoms with E-state index in [2.05, 4.69) is 5.32 Å². The Bertz CT molecular complexity index is 402. The topological polar surface area (TPSA) is 108 Å². The van der Waals surface area contributed by atoms with Crippen LogP contribution >= 0.6 is 0 Å². The van der Waals surface area contributed by atoms with E-state index in [0.29, 0.717) is 0 Å². The number of nitrogens with one attached hydrogen (secondary N) is 1. The highest BCUT2D eigenvalue weighted by Crippen LogP contribution is 2.29. The van der Waals surface area contributed by atoms with E-state index < -0.39 is 31.2 Å². The highest BCUT2D eigenvalue weighted by molar-refractivity contribution is 5.69. The normalized spacial score (nSPS) is 11.4. The van der Waals surface area contributed by atoms with E-state index in [0.717, 1.165) is 6.07 Å². The van der Waals surface area contributed by atoms with Crippen LogP contribution in [0.3, 0.4) is 0 Å². The van der Waals surface area contributed by atoms with Crippen molar-refractivity contribution in [1.29, 1.82) is 0 Å². The molecule has 1 rings (SSSR count). The molecule has 7 heteroatoms. The molecule has 1 aromatic carbocycles. The molecule has 0 saturated heterocycles. The van der Waals surface area contributed by atoms with Crippen molar-refractivity contribution in [3.05, 3.63) is 17.9 Å². The monoisotopic (exact) mass is 260 g/mol. The Labute approximate surface area is 104 Å². The van der Waals surface area contributed by atoms with Crippen molar-refractivity contribution < 1.29 is 24.4 Å². The maximum atomic E-state index is 13.3. The third-order valence-corrected chi connectivity index (χ3v) is 2.63. The zero-order chi connectivity index (χ0) is 13.8. The van der Waals surface area contributed by atoms with Crippen molar-refractivity contribution in [2.24, 2.45) is 0 Å². The standard InChI is InChI=1S/C11H17FN2O4/c1-18-10-3-9(8(13)2-7(10)12)14-11(4-15,5-16)6-17/h2-3,14-17H,4-6,13H2,1H3. The molecule has 0 aliphatic heterocycles.